The summed E-state index contributed by atoms with van der Waals surface area (Å²) in [5.41, 5.74) is 7.49. The van der Waals surface area contributed by atoms with Crippen LogP contribution in [0.15, 0.2) is 12.1 Å². The van der Waals surface area contributed by atoms with Gasteiger partial charge in [0.2, 0.25) is 5.91 Å². The first-order valence-corrected chi connectivity index (χ1v) is 7.01. The number of carbonyl (C=O) groups excluding carboxylic acids is 1. The van der Waals surface area contributed by atoms with E-state index in [9.17, 15) is 9.18 Å². The molecule has 20 heavy (non-hydrogen) atoms. The summed E-state index contributed by atoms with van der Waals surface area (Å²) in [6.45, 7) is 3.99. The Bertz CT molecular complexity index is 505. The predicted molar refractivity (Wildman–Crippen MR) is 74.9 cm³/mol. The van der Waals surface area contributed by atoms with E-state index in [0.717, 1.165) is 12.8 Å². The number of carbonyl (C=O) groups is 1. The first-order valence-electron chi connectivity index (χ1n) is 7.01. The molecule has 2 rings (SSSR count). The summed E-state index contributed by atoms with van der Waals surface area (Å²) < 4.78 is 19.5. The van der Waals surface area contributed by atoms with Crippen LogP contribution in [0.4, 0.5) is 4.39 Å². The number of rotatable bonds is 4. The van der Waals surface area contributed by atoms with Gasteiger partial charge in [0.25, 0.3) is 0 Å². The number of hydrogen-bond donors (Lipinski definition) is 2. The third-order valence-electron chi connectivity index (χ3n) is 3.52. The van der Waals surface area contributed by atoms with E-state index in [2.05, 4.69) is 5.32 Å². The molecule has 0 bridgehead atoms. The van der Waals surface area contributed by atoms with Crippen LogP contribution in [0.3, 0.4) is 0 Å². The molecule has 3 N–H and O–H groups in total. The van der Waals surface area contributed by atoms with Crippen molar-refractivity contribution in [3.05, 3.63) is 29.1 Å². The zero-order chi connectivity index (χ0) is 14.7. The lowest BCUT2D eigenvalue weighted by atomic mass is 9.93. The van der Waals surface area contributed by atoms with Crippen LogP contribution in [0, 0.1) is 5.82 Å². The smallest absolute Gasteiger partial charge is 0.217 e. The van der Waals surface area contributed by atoms with E-state index in [1.165, 1.54) is 19.1 Å². The molecule has 110 valence electrons. The number of nitrogens with two attached hydrogens (primary N) is 1. The molecule has 1 aromatic carbocycles. The topological polar surface area (TPSA) is 64.3 Å². The highest BCUT2D eigenvalue weighted by atomic mass is 19.1. The van der Waals surface area contributed by atoms with E-state index in [4.69, 9.17) is 10.5 Å². The molecule has 0 aliphatic carbocycles. The molecular weight excluding hydrogens is 259 g/mol. The lowest BCUT2D eigenvalue weighted by Gasteiger charge is -2.29. The number of fused-ring (bicyclic) bond motifs is 1. The number of benzene rings is 1. The minimum Gasteiger partial charge on any atom is -0.493 e. The molecule has 0 spiro atoms. The summed E-state index contributed by atoms with van der Waals surface area (Å²) in [6.07, 6.45) is 2.32. The Morgan fingerprint density at radius 2 is 2.35 bits per heavy atom. The fourth-order valence-corrected chi connectivity index (χ4v) is 2.63. The summed E-state index contributed by atoms with van der Waals surface area (Å²) in [4.78, 5) is 11.3. The van der Waals surface area contributed by atoms with Gasteiger partial charge in [-0.25, -0.2) is 4.39 Å². The molecule has 0 fully saturated rings. The second-order valence-corrected chi connectivity index (χ2v) is 5.20. The van der Waals surface area contributed by atoms with Crippen molar-refractivity contribution in [2.24, 2.45) is 5.73 Å². The van der Waals surface area contributed by atoms with Crippen LogP contribution in [0.25, 0.3) is 0 Å². The van der Waals surface area contributed by atoms with Gasteiger partial charge in [-0.05, 0) is 18.6 Å². The Morgan fingerprint density at radius 1 is 1.60 bits per heavy atom. The van der Waals surface area contributed by atoms with Gasteiger partial charge in [-0.2, -0.15) is 0 Å². The second kappa shape index (κ2) is 6.22. The number of amides is 1. The first kappa shape index (κ1) is 14.8. The highest BCUT2D eigenvalue weighted by molar-refractivity contribution is 5.73. The quantitative estimate of drug-likeness (QED) is 0.891. The second-order valence-electron chi connectivity index (χ2n) is 5.20. The summed E-state index contributed by atoms with van der Waals surface area (Å²) in [6, 6.07) is 2.41. The number of ether oxygens (including phenoxy) is 1. The summed E-state index contributed by atoms with van der Waals surface area (Å²) >= 11 is 0. The summed E-state index contributed by atoms with van der Waals surface area (Å²) in [5, 5.41) is 2.84. The molecule has 0 saturated heterocycles. The van der Waals surface area contributed by atoms with Gasteiger partial charge in [0.1, 0.15) is 11.6 Å². The molecule has 1 amide bonds. The van der Waals surface area contributed by atoms with Crippen LogP contribution in [-0.4, -0.2) is 12.5 Å². The Labute approximate surface area is 118 Å². The summed E-state index contributed by atoms with van der Waals surface area (Å²) in [5.74, 6) is 0.162. The van der Waals surface area contributed by atoms with Crippen LogP contribution in [0.1, 0.15) is 56.3 Å². The van der Waals surface area contributed by atoms with Gasteiger partial charge in [0, 0.05) is 30.5 Å². The van der Waals surface area contributed by atoms with E-state index in [0.29, 0.717) is 29.9 Å². The largest absolute Gasteiger partial charge is 0.493 e. The van der Waals surface area contributed by atoms with Crippen molar-refractivity contribution in [2.45, 2.75) is 45.2 Å². The third kappa shape index (κ3) is 3.10. The number of halogens is 1. The molecule has 0 aromatic heterocycles. The van der Waals surface area contributed by atoms with E-state index in [-0.39, 0.29) is 23.8 Å². The molecular formula is C15H21FN2O2. The average molecular weight is 280 g/mol. The molecule has 2 unspecified atom stereocenters. The Morgan fingerprint density at radius 3 is 3.00 bits per heavy atom. The maximum absolute atomic E-state index is 13.8. The minimum atomic E-state index is -0.342. The molecule has 4 nitrogen and oxygen atoms in total. The highest BCUT2D eigenvalue weighted by Crippen LogP contribution is 2.38. The first-order chi connectivity index (χ1) is 9.52. The molecule has 1 heterocycles. The maximum Gasteiger partial charge on any atom is 0.217 e. The van der Waals surface area contributed by atoms with Crippen molar-refractivity contribution < 1.29 is 13.9 Å². The average Bonchev–Trinajstić information content (AvgIpc) is 2.38. The Kier molecular flexibility index (Phi) is 4.60. The normalized spacial score (nSPS) is 18.9. The minimum absolute atomic E-state index is 0.133. The lowest BCUT2D eigenvalue weighted by molar-refractivity contribution is -0.119. The monoisotopic (exact) mass is 280 g/mol. The molecule has 5 heteroatoms. The van der Waals surface area contributed by atoms with Gasteiger partial charge >= 0.3 is 0 Å². The van der Waals surface area contributed by atoms with Crippen LogP contribution >= 0.6 is 0 Å². The van der Waals surface area contributed by atoms with Gasteiger partial charge in [0.15, 0.2) is 0 Å². The van der Waals surface area contributed by atoms with Crippen molar-refractivity contribution in [3.63, 3.8) is 0 Å². The maximum atomic E-state index is 13.8. The van der Waals surface area contributed by atoms with Crippen LogP contribution in [-0.2, 0) is 4.79 Å². The van der Waals surface area contributed by atoms with Crippen LogP contribution < -0.4 is 15.8 Å². The van der Waals surface area contributed by atoms with Gasteiger partial charge < -0.3 is 15.8 Å². The van der Waals surface area contributed by atoms with E-state index < -0.39 is 0 Å². The SMILES string of the molecule is CCCC(N)c1cc(F)cc2c1OCCC2NC(C)=O. The van der Waals surface area contributed by atoms with Crippen LogP contribution in [0.5, 0.6) is 5.75 Å². The Hall–Kier alpha value is -1.62. The van der Waals surface area contributed by atoms with Gasteiger partial charge in [-0.15, -0.1) is 0 Å². The predicted octanol–water partition coefficient (Wildman–Crippen LogP) is 2.59. The van der Waals surface area contributed by atoms with Crippen molar-refractivity contribution in [2.75, 3.05) is 6.61 Å². The fraction of sp³-hybridized carbons (Fsp3) is 0.533. The number of hydrogen-bond acceptors (Lipinski definition) is 3. The Balaban J connectivity index is 2.41. The molecule has 1 aliphatic heterocycles. The van der Waals surface area contributed by atoms with E-state index in [1.54, 1.807) is 0 Å². The standard InChI is InChI=1S/C15H21FN2O2/c1-3-4-13(17)11-7-10(16)8-12-14(18-9(2)19)5-6-20-15(11)12/h7-8,13-14H,3-6,17H2,1-2H3,(H,18,19). The molecule has 1 aromatic rings. The molecule has 1 aliphatic rings. The summed E-state index contributed by atoms with van der Waals surface area (Å²) in [7, 11) is 0. The molecule has 2 atom stereocenters. The van der Waals surface area contributed by atoms with Gasteiger partial charge in [-0.1, -0.05) is 13.3 Å². The van der Waals surface area contributed by atoms with Crippen molar-refractivity contribution in [3.8, 4) is 5.75 Å². The van der Waals surface area contributed by atoms with Gasteiger partial charge in [-0.3, -0.25) is 4.79 Å². The molecule has 0 saturated carbocycles. The third-order valence-corrected chi connectivity index (χ3v) is 3.52. The molecule has 0 radical (unpaired) electrons. The van der Waals surface area contributed by atoms with Crippen molar-refractivity contribution in [1.82, 2.24) is 5.32 Å². The number of nitrogens with one attached hydrogen (secondary N) is 1. The van der Waals surface area contributed by atoms with Crippen molar-refractivity contribution >= 4 is 5.91 Å². The fourth-order valence-electron chi connectivity index (χ4n) is 2.63. The van der Waals surface area contributed by atoms with Gasteiger partial charge in [0.05, 0.1) is 12.6 Å². The highest BCUT2D eigenvalue weighted by Gasteiger charge is 2.27. The zero-order valence-electron chi connectivity index (χ0n) is 11.9. The zero-order valence-corrected chi connectivity index (χ0v) is 11.9. The van der Waals surface area contributed by atoms with E-state index in [1.807, 2.05) is 6.92 Å². The lowest BCUT2D eigenvalue weighted by Crippen LogP contribution is -2.31. The van der Waals surface area contributed by atoms with Crippen LogP contribution in [0.2, 0.25) is 0 Å². The van der Waals surface area contributed by atoms with E-state index >= 15 is 0 Å². The van der Waals surface area contributed by atoms with Crippen molar-refractivity contribution in [1.29, 1.82) is 0 Å².